The molecule has 13 heavy (non-hydrogen) atoms. The van der Waals surface area contributed by atoms with Crippen LogP contribution in [0.25, 0.3) is 5.52 Å². The summed E-state index contributed by atoms with van der Waals surface area (Å²) in [5.41, 5.74) is 1.02. The van der Waals surface area contributed by atoms with E-state index in [1.54, 1.807) is 6.20 Å². The van der Waals surface area contributed by atoms with Gasteiger partial charge in [-0.25, -0.2) is 4.98 Å². The Balaban J connectivity index is 2.37. The highest BCUT2D eigenvalue weighted by atomic mass is 16.5. The van der Waals surface area contributed by atoms with Gasteiger partial charge in [0.05, 0.1) is 6.61 Å². The van der Waals surface area contributed by atoms with Crippen LogP contribution in [0.2, 0.25) is 0 Å². The summed E-state index contributed by atoms with van der Waals surface area (Å²) in [6, 6.07) is 3.98. The Bertz CT molecular complexity index is 394. The van der Waals surface area contributed by atoms with Crippen molar-refractivity contribution in [1.82, 2.24) is 9.38 Å². The zero-order chi connectivity index (χ0) is 9.10. The summed E-state index contributed by atoms with van der Waals surface area (Å²) in [7, 11) is 0. The predicted molar refractivity (Wildman–Crippen MR) is 51.0 cm³/mol. The first kappa shape index (κ1) is 8.10. The molecule has 0 fully saturated rings. The van der Waals surface area contributed by atoms with Crippen molar-refractivity contribution in [3.8, 4) is 5.88 Å². The number of nitrogens with zero attached hydrogens (tertiary/aromatic N) is 2. The van der Waals surface area contributed by atoms with E-state index >= 15 is 0 Å². The lowest BCUT2D eigenvalue weighted by atomic mass is 10.5. The molecule has 0 unspecified atom stereocenters. The highest BCUT2D eigenvalue weighted by Gasteiger charge is 2.01. The maximum Gasteiger partial charge on any atom is 0.238 e. The van der Waals surface area contributed by atoms with E-state index in [9.17, 15) is 0 Å². The predicted octanol–water partition coefficient (Wildman–Crippen LogP) is 2.12. The van der Waals surface area contributed by atoms with Crippen LogP contribution in [0.4, 0.5) is 0 Å². The molecule has 2 aromatic heterocycles. The highest BCUT2D eigenvalue weighted by Crippen LogP contribution is 2.16. The average Bonchev–Trinajstić information content (AvgIpc) is 2.62. The van der Waals surface area contributed by atoms with Gasteiger partial charge in [-0.15, -0.1) is 0 Å². The molecular formula is C10H12N2O. The number of hydrogen-bond donors (Lipinski definition) is 0. The van der Waals surface area contributed by atoms with Crippen molar-refractivity contribution in [3.63, 3.8) is 0 Å². The van der Waals surface area contributed by atoms with E-state index in [0.29, 0.717) is 5.88 Å². The van der Waals surface area contributed by atoms with Gasteiger partial charge in [-0.2, -0.15) is 0 Å². The number of hydrogen-bond acceptors (Lipinski definition) is 2. The van der Waals surface area contributed by atoms with Crippen LogP contribution < -0.4 is 4.74 Å². The molecule has 3 nitrogen and oxygen atoms in total. The van der Waals surface area contributed by atoms with Crippen LogP contribution in [0.5, 0.6) is 5.88 Å². The summed E-state index contributed by atoms with van der Waals surface area (Å²) in [6.07, 6.45) is 6.64. The summed E-state index contributed by atoms with van der Waals surface area (Å²) in [4.78, 5) is 4.17. The fourth-order valence-corrected chi connectivity index (χ4v) is 1.25. The second kappa shape index (κ2) is 3.47. The maximum absolute atomic E-state index is 5.49. The lowest BCUT2D eigenvalue weighted by molar-refractivity contribution is 0.308. The smallest absolute Gasteiger partial charge is 0.238 e. The van der Waals surface area contributed by atoms with Crippen LogP contribution in [0.3, 0.4) is 0 Å². The topological polar surface area (TPSA) is 26.5 Å². The van der Waals surface area contributed by atoms with Crippen LogP contribution >= 0.6 is 0 Å². The normalized spacial score (nSPS) is 10.5. The number of aromatic nitrogens is 2. The van der Waals surface area contributed by atoms with Gasteiger partial charge in [-0.3, -0.25) is 0 Å². The van der Waals surface area contributed by atoms with Crippen molar-refractivity contribution in [1.29, 1.82) is 0 Å². The number of ether oxygens (including phenoxy) is 1. The SMILES string of the molecule is CCCOc1nccn2cccc12. The molecular weight excluding hydrogens is 164 g/mol. The Kier molecular flexibility index (Phi) is 2.17. The first-order valence-electron chi connectivity index (χ1n) is 4.46. The monoisotopic (exact) mass is 176 g/mol. The van der Waals surface area contributed by atoms with Crippen LogP contribution in [-0.4, -0.2) is 16.0 Å². The molecule has 0 spiro atoms. The van der Waals surface area contributed by atoms with Crippen LogP contribution in [0.1, 0.15) is 13.3 Å². The summed E-state index contributed by atoms with van der Waals surface area (Å²) < 4.78 is 7.49. The van der Waals surface area contributed by atoms with Crippen molar-refractivity contribution in [2.45, 2.75) is 13.3 Å². The Morgan fingerprint density at radius 1 is 1.46 bits per heavy atom. The zero-order valence-corrected chi connectivity index (χ0v) is 7.60. The molecule has 0 radical (unpaired) electrons. The van der Waals surface area contributed by atoms with E-state index < -0.39 is 0 Å². The molecule has 0 amide bonds. The maximum atomic E-state index is 5.49. The average molecular weight is 176 g/mol. The van der Waals surface area contributed by atoms with Crippen LogP contribution in [0.15, 0.2) is 30.7 Å². The summed E-state index contributed by atoms with van der Waals surface area (Å²) in [6.45, 7) is 2.80. The number of fused-ring (bicyclic) bond motifs is 1. The van der Waals surface area contributed by atoms with Crippen LogP contribution in [0, 0.1) is 0 Å². The largest absolute Gasteiger partial charge is 0.476 e. The zero-order valence-electron chi connectivity index (χ0n) is 7.60. The molecule has 0 aliphatic heterocycles. The van der Waals surface area contributed by atoms with E-state index in [-0.39, 0.29) is 0 Å². The van der Waals surface area contributed by atoms with Gasteiger partial charge in [-0.1, -0.05) is 6.92 Å². The summed E-state index contributed by atoms with van der Waals surface area (Å²) >= 11 is 0. The Hall–Kier alpha value is -1.51. The Morgan fingerprint density at radius 2 is 2.38 bits per heavy atom. The van der Waals surface area contributed by atoms with Gasteiger partial charge in [-0.05, 0) is 18.6 Å². The molecule has 68 valence electrons. The second-order valence-corrected chi connectivity index (χ2v) is 2.88. The van der Waals surface area contributed by atoms with Crippen molar-refractivity contribution in [3.05, 3.63) is 30.7 Å². The third kappa shape index (κ3) is 1.49. The molecule has 0 aliphatic carbocycles. The van der Waals surface area contributed by atoms with E-state index in [4.69, 9.17) is 4.74 Å². The van der Waals surface area contributed by atoms with Crippen molar-refractivity contribution in [2.24, 2.45) is 0 Å². The van der Waals surface area contributed by atoms with E-state index in [1.165, 1.54) is 0 Å². The number of rotatable bonds is 3. The minimum Gasteiger partial charge on any atom is -0.476 e. The fourth-order valence-electron chi connectivity index (χ4n) is 1.25. The summed E-state index contributed by atoms with van der Waals surface area (Å²) in [5.74, 6) is 0.717. The van der Waals surface area contributed by atoms with Crippen molar-refractivity contribution in [2.75, 3.05) is 6.61 Å². The molecule has 0 aromatic carbocycles. The van der Waals surface area contributed by atoms with Crippen LogP contribution in [-0.2, 0) is 0 Å². The molecule has 0 saturated heterocycles. The third-order valence-corrected chi connectivity index (χ3v) is 1.86. The molecule has 2 heterocycles. The minimum absolute atomic E-state index is 0.717. The molecule has 0 atom stereocenters. The Morgan fingerprint density at radius 3 is 3.23 bits per heavy atom. The second-order valence-electron chi connectivity index (χ2n) is 2.88. The molecule has 2 aromatic rings. The molecule has 0 N–H and O–H groups in total. The third-order valence-electron chi connectivity index (χ3n) is 1.86. The fraction of sp³-hybridized carbons (Fsp3) is 0.300. The van der Waals surface area contributed by atoms with Gasteiger partial charge in [0.2, 0.25) is 5.88 Å². The molecule has 0 aliphatic rings. The molecule has 3 heteroatoms. The van der Waals surface area contributed by atoms with Gasteiger partial charge in [0, 0.05) is 18.6 Å². The van der Waals surface area contributed by atoms with Gasteiger partial charge in [0.1, 0.15) is 5.52 Å². The first-order valence-corrected chi connectivity index (χ1v) is 4.46. The van der Waals surface area contributed by atoms with Gasteiger partial charge in [0.15, 0.2) is 0 Å². The van der Waals surface area contributed by atoms with Crippen molar-refractivity contribution < 1.29 is 4.74 Å². The van der Waals surface area contributed by atoms with Crippen molar-refractivity contribution >= 4 is 5.52 Å². The van der Waals surface area contributed by atoms with Gasteiger partial charge >= 0.3 is 0 Å². The van der Waals surface area contributed by atoms with E-state index in [1.807, 2.05) is 28.9 Å². The molecule has 0 saturated carbocycles. The van der Waals surface area contributed by atoms with E-state index in [0.717, 1.165) is 18.5 Å². The van der Waals surface area contributed by atoms with E-state index in [2.05, 4.69) is 11.9 Å². The molecule has 2 rings (SSSR count). The lowest BCUT2D eigenvalue weighted by Crippen LogP contribution is -1.98. The minimum atomic E-state index is 0.717. The Labute approximate surface area is 77.0 Å². The first-order chi connectivity index (χ1) is 6.42. The van der Waals surface area contributed by atoms with Gasteiger partial charge < -0.3 is 9.14 Å². The summed E-state index contributed by atoms with van der Waals surface area (Å²) in [5, 5.41) is 0. The quantitative estimate of drug-likeness (QED) is 0.716. The lowest BCUT2D eigenvalue weighted by Gasteiger charge is -2.04. The standard InChI is InChI=1S/C10H12N2O/c1-2-8-13-10-9-4-3-6-12(9)7-5-11-10/h3-7H,2,8H2,1H3. The molecule has 0 bridgehead atoms. The highest BCUT2D eigenvalue weighted by molar-refractivity contribution is 5.56. The van der Waals surface area contributed by atoms with Gasteiger partial charge in [0.25, 0.3) is 0 Å².